The summed E-state index contributed by atoms with van der Waals surface area (Å²) in [6, 6.07) is 0. The van der Waals surface area contributed by atoms with E-state index in [0.717, 1.165) is 13.1 Å². The first-order chi connectivity index (χ1) is 8.85. The maximum Gasteiger partial charge on any atom is 0.225 e. The SMILES string of the molecule is COC(CN)CC(=O)N1CCN(CC(C)(C)O)CC1. The molecule has 1 saturated heterocycles. The molecule has 0 aromatic carbocycles. The molecule has 1 aliphatic heterocycles. The maximum atomic E-state index is 12.0. The Labute approximate surface area is 115 Å². The highest BCUT2D eigenvalue weighted by molar-refractivity contribution is 5.76. The first kappa shape index (κ1) is 16.4. The molecule has 1 amide bonds. The Morgan fingerprint density at radius 3 is 2.37 bits per heavy atom. The minimum atomic E-state index is -0.688. The summed E-state index contributed by atoms with van der Waals surface area (Å²) >= 11 is 0. The van der Waals surface area contributed by atoms with E-state index in [1.165, 1.54) is 0 Å². The quantitative estimate of drug-likeness (QED) is 0.667. The van der Waals surface area contributed by atoms with Crippen molar-refractivity contribution in [2.24, 2.45) is 5.73 Å². The second kappa shape index (κ2) is 7.19. The molecule has 6 nitrogen and oxygen atoms in total. The minimum Gasteiger partial charge on any atom is -0.389 e. The number of amides is 1. The van der Waals surface area contributed by atoms with Crippen LogP contribution >= 0.6 is 0 Å². The molecule has 0 radical (unpaired) electrons. The molecule has 112 valence electrons. The van der Waals surface area contributed by atoms with Gasteiger partial charge in [-0.05, 0) is 13.8 Å². The lowest BCUT2D eigenvalue weighted by Gasteiger charge is -2.37. The summed E-state index contributed by atoms with van der Waals surface area (Å²) in [6.07, 6.45) is 0.153. The highest BCUT2D eigenvalue weighted by atomic mass is 16.5. The molecule has 1 atom stereocenters. The van der Waals surface area contributed by atoms with Crippen molar-refractivity contribution in [1.82, 2.24) is 9.80 Å². The van der Waals surface area contributed by atoms with Crippen molar-refractivity contribution < 1.29 is 14.6 Å². The highest BCUT2D eigenvalue weighted by Gasteiger charge is 2.25. The van der Waals surface area contributed by atoms with E-state index in [-0.39, 0.29) is 12.0 Å². The van der Waals surface area contributed by atoms with Crippen LogP contribution in [0.5, 0.6) is 0 Å². The van der Waals surface area contributed by atoms with Crippen LogP contribution in [0.3, 0.4) is 0 Å². The average Bonchev–Trinajstić information content (AvgIpc) is 2.34. The van der Waals surface area contributed by atoms with E-state index in [9.17, 15) is 9.90 Å². The van der Waals surface area contributed by atoms with Crippen LogP contribution in [0, 0.1) is 0 Å². The van der Waals surface area contributed by atoms with E-state index in [1.807, 2.05) is 4.90 Å². The van der Waals surface area contributed by atoms with E-state index >= 15 is 0 Å². The second-order valence-electron chi connectivity index (χ2n) is 5.77. The van der Waals surface area contributed by atoms with Crippen molar-refractivity contribution in [2.45, 2.75) is 32.0 Å². The molecule has 0 saturated carbocycles. The van der Waals surface area contributed by atoms with Crippen LogP contribution in [0.2, 0.25) is 0 Å². The first-order valence-corrected chi connectivity index (χ1v) is 6.81. The lowest BCUT2D eigenvalue weighted by atomic mass is 10.1. The van der Waals surface area contributed by atoms with Crippen LogP contribution in [-0.4, -0.2) is 78.9 Å². The highest BCUT2D eigenvalue weighted by Crippen LogP contribution is 2.10. The van der Waals surface area contributed by atoms with Crippen LogP contribution in [0.15, 0.2) is 0 Å². The normalized spacial score (nSPS) is 19.5. The van der Waals surface area contributed by atoms with Gasteiger partial charge in [-0.3, -0.25) is 9.69 Å². The number of ether oxygens (including phenoxy) is 1. The Kier molecular flexibility index (Phi) is 6.19. The number of hydrogen-bond donors (Lipinski definition) is 2. The van der Waals surface area contributed by atoms with Gasteiger partial charge in [-0.15, -0.1) is 0 Å². The Balaban J connectivity index is 2.35. The summed E-state index contributed by atoms with van der Waals surface area (Å²) in [6.45, 7) is 7.61. The number of methoxy groups -OCH3 is 1. The van der Waals surface area contributed by atoms with Gasteiger partial charge in [0.2, 0.25) is 5.91 Å². The Hall–Kier alpha value is -0.690. The van der Waals surface area contributed by atoms with Crippen molar-refractivity contribution in [3.05, 3.63) is 0 Å². The summed E-state index contributed by atoms with van der Waals surface area (Å²) in [5.41, 5.74) is 4.83. The molecule has 1 unspecified atom stereocenters. The van der Waals surface area contributed by atoms with E-state index < -0.39 is 5.60 Å². The second-order valence-corrected chi connectivity index (χ2v) is 5.77. The van der Waals surface area contributed by atoms with Crippen LogP contribution in [0.1, 0.15) is 20.3 Å². The largest absolute Gasteiger partial charge is 0.389 e. The van der Waals surface area contributed by atoms with Gasteiger partial charge < -0.3 is 20.5 Å². The smallest absolute Gasteiger partial charge is 0.225 e. The molecule has 0 aliphatic carbocycles. The predicted molar refractivity (Wildman–Crippen MR) is 73.8 cm³/mol. The monoisotopic (exact) mass is 273 g/mol. The molecule has 0 aromatic rings. The van der Waals surface area contributed by atoms with Crippen LogP contribution in [0.25, 0.3) is 0 Å². The molecular weight excluding hydrogens is 246 g/mol. The first-order valence-electron chi connectivity index (χ1n) is 6.81. The summed E-state index contributed by atoms with van der Waals surface area (Å²) in [7, 11) is 1.58. The third kappa shape index (κ3) is 5.86. The van der Waals surface area contributed by atoms with Gasteiger partial charge in [0.05, 0.1) is 18.1 Å². The molecule has 0 aromatic heterocycles. The van der Waals surface area contributed by atoms with E-state index in [2.05, 4.69) is 4.90 Å². The van der Waals surface area contributed by atoms with Crippen LogP contribution < -0.4 is 5.73 Å². The van der Waals surface area contributed by atoms with E-state index in [0.29, 0.717) is 32.6 Å². The molecular formula is C13H27N3O3. The Morgan fingerprint density at radius 2 is 1.95 bits per heavy atom. The van der Waals surface area contributed by atoms with Crippen molar-refractivity contribution >= 4 is 5.91 Å². The van der Waals surface area contributed by atoms with Gasteiger partial charge in [0.15, 0.2) is 0 Å². The summed E-state index contributed by atoms with van der Waals surface area (Å²) in [5, 5.41) is 9.78. The lowest BCUT2D eigenvalue weighted by Crippen LogP contribution is -2.52. The predicted octanol–water partition coefficient (Wildman–Crippen LogP) is -0.735. The fourth-order valence-corrected chi connectivity index (χ4v) is 2.29. The number of nitrogens with zero attached hydrogens (tertiary/aromatic N) is 2. The Bertz CT molecular complexity index is 279. The summed E-state index contributed by atoms with van der Waals surface area (Å²) < 4.78 is 5.13. The molecule has 1 aliphatic rings. The van der Waals surface area contributed by atoms with Gasteiger partial charge in [-0.1, -0.05) is 0 Å². The number of carbonyl (C=O) groups excluding carboxylic acids is 1. The fraction of sp³-hybridized carbons (Fsp3) is 0.923. The van der Waals surface area contributed by atoms with Gasteiger partial charge in [-0.2, -0.15) is 0 Å². The van der Waals surface area contributed by atoms with Gasteiger partial charge in [-0.25, -0.2) is 0 Å². The molecule has 0 spiro atoms. The summed E-state index contributed by atoms with van der Waals surface area (Å²) in [4.78, 5) is 16.1. The van der Waals surface area contributed by atoms with Crippen molar-refractivity contribution in [1.29, 1.82) is 0 Å². The fourth-order valence-electron chi connectivity index (χ4n) is 2.29. The van der Waals surface area contributed by atoms with Crippen molar-refractivity contribution in [3.63, 3.8) is 0 Å². The minimum absolute atomic E-state index is 0.0974. The number of rotatable bonds is 6. The molecule has 6 heteroatoms. The van der Waals surface area contributed by atoms with Gasteiger partial charge in [0.25, 0.3) is 0 Å². The topological polar surface area (TPSA) is 79.0 Å². The van der Waals surface area contributed by atoms with Gasteiger partial charge in [0.1, 0.15) is 0 Å². The molecule has 3 N–H and O–H groups in total. The van der Waals surface area contributed by atoms with Crippen molar-refractivity contribution in [3.8, 4) is 0 Å². The van der Waals surface area contributed by atoms with E-state index in [1.54, 1.807) is 21.0 Å². The number of β-amino-alcohol motifs (C(OH)–C–C–N with tert-alkyl or cyclic N) is 1. The lowest BCUT2D eigenvalue weighted by molar-refractivity contribution is -0.135. The molecule has 1 fully saturated rings. The van der Waals surface area contributed by atoms with E-state index in [4.69, 9.17) is 10.5 Å². The number of hydrogen-bond acceptors (Lipinski definition) is 5. The molecule has 1 rings (SSSR count). The molecule has 0 bridgehead atoms. The standard InChI is InChI=1S/C13H27N3O3/c1-13(2,18)10-15-4-6-16(7-5-15)12(17)8-11(9-14)19-3/h11,18H,4-10,14H2,1-3H3. The zero-order chi connectivity index (χ0) is 14.5. The average molecular weight is 273 g/mol. The van der Waals surface area contributed by atoms with Gasteiger partial charge >= 0.3 is 0 Å². The number of piperazine rings is 1. The third-order valence-corrected chi connectivity index (χ3v) is 3.33. The van der Waals surface area contributed by atoms with Crippen LogP contribution in [-0.2, 0) is 9.53 Å². The number of nitrogens with two attached hydrogens (primary N) is 1. The van der Waals surface area contributed by atoms with Crippen molar-refractivity contribution in [2.75, 3.05) is 46.4 Å². The zero-order valence-electron chi connectivity index (χ0n) is 12.3. The molecule has 19 heavy (non-hydrogen) atoms. The van der Waals surface area contributed by atoms with Crippen LogP contribution in [0.4, 0.5) is 0 Å². The third-order valence-electron chi connectivity index (χ3n) is 3.33. The van der Waals surface area contributed by atoms with Gasteiger partial charge in [0, 0.05) is 46.4 Å². The number of aliphatic hydroxyl groups is 1. The Morgan fingerprint density at radius 1 is 1.37 bits per heavy atom. The summed E-state index contributed by atoms with van der Waals surface area (Å²) in [5.74, 6) is 0.0974. The maximum absolute atomic E-state index is 12.0. The number of carbonyl (C=O) groups is 1. The molecule has 1 heterocycles. The zero-order valence-corrected chi connectivity index (χ0v) is 12.3.